The van der Waals surface area contributed by atoms with Crippen LogP contribution < -0.4 is 4.74 Å². The topological polar surface area (TPSA) is 9.23 Å². The first-order chi connectivity index (χ1) is 15.2. The summed E-state index contributed by atoms with van der Waals surface area (Å²) in [6.45, 7) is 2.27. The number of allylic oxidation sites excluding steroid dienone is 2. The standard InChI is InChI=1S/C30H42O/c1-3-4-5-6-23-7-9-24(10-8-23)11-12-25-13-15-26(16-14-25)27-17-18-29-22-30(31-2)20-19-28(29)21-27/h5-6,17-26H,3-4,7-16H2,1-2H3/b6-5+. The minimum Gasteiger partial charge on any atom is -0.497 e. The highest BCUT2D eigenvalue weighted by Gasteiger charge is 2.25. The highest BCUT2D eigenvalue weighted by Crippen LogP contribution is 2.40. The van der Waals surface area contributed by atoms with E-state index in [1.165, 1.54) is 87.8 Å². The van der Waals surface area contributed by atoms with E-state index < -0.39 is 0 Å². The van der Waals surface area contributed by atoms with Crippen LogP contribution in [0.15, 0.2) is 48.6 Å². The first-order valence-corrected chi connectivity index (χ1v) is 13.0. The number of benzene rings is 2. The van der Waals surface area contributed by atoms with E-state index in [2.05, 4.69) is 55.5 Å². The lowest BCUT2D eigenvalue weighted by Crippen LogP contribution is -2.17. The molecule has 0 radical (unpaired) electrons. The summed E-state index contributed by atoms with van der Waals surface area (Å²) in [7, 11) is 1.74. The van der Waals surface area contributed by atoms with Gasteiger partial charge < -0.3 is 4.74 Å². The Bertz CT molecular complexity index is 835. The van der Waals surface area contributed by atoms with Crippen LogP contribution in [0.3, 0.4) is 0 Å². The minimum atomic E-state index is 0.757. The molecular formula is C30H42O. The minimum absolute atomic E-state index is 0.757. The summed E-state index contributed by atoms with van der Waals surface area (Å²) in [5, 5.41) is 2.63. The van der Waals surface area contributed by atoms with E-state index in [1.54, 1.807) is 12.7 Å². The maximum atomic E-state index is 5.37. The molecule has 31 heavy (non-hydrogen) atoms. The number of unbranched alkanes of at least 4 members (excludes halogenated alkanes) is 1. The molecule has 0 saturated heterocycles. The molecular weight excluding hydrogens is 376 g/mol. The Morgan fingerprint density at radius 2 is 1.45 bits per heavy atom. The summed E-state index contributed by atoms with van der Waals surface area (Å²) in [5.41, 5.74) is 1.55. The number of fused-ring (bicyclic) bond motifs is 1. The van der Waals surface area contributed by atoms with Crippen molar-refractivity contribution in [3.8, 4) is 5.75 Å². The van der Waals surface area contributed by atoms with Crippen LogP contribution in [0.4, 0.5) is 0 Å². The fourth-order valence-corrected chi connectivity index (χ4v) is 6.00. The number of hydrogen-bond acceptors (Lipinski definition) is 1. The van der Waals surface area contributed by atoms with Gasteiger partial charge in [0, 0.05) is 0 Å². The van der Waals surface area contributed by atoms with Gasteiger partial charge in [-0.25, -0.2) is 0 Å². The lowest BCUT2D eigenvalue weighted by molar-refractivity contribution is 0.246. The Morgan fingerprint density at radius 1 is 0.806 bits per heavy atom. The van der Waals surface area contributed by atoms with E-state index in [0.29, 0.717) is 0 Å². The largest absolute Gasteiger partial charge is 0.497 e. The van der Waals surface area contributed by atoms with Gasteiger partial charge >= 0.3 is 0 Å². The second-order valence-electron chi connectivity index (χ2n) is 10.3. The van der Waals surface area contributed by atoms with Gasteiger partial charge in [-0.1, -0.05) is 62.6 Å². The van der Waals surface area contributed by atoms with Crippen LogP contribution >= 0.6 is 0 Å². The van der Waals surface area contributed by atoms with Crippen molar-refractivity contribution < 1.29 is 4.74 Å². The molecule has 0 amide bonds. The molecule has 2 aliphatic carbocycles. The molecule has 0 N–H and O–H groups in total. The van der Waals surface area contributed by atoms with Gasteiger partial charge in [-0.2, -0.15) is 0 Å². The number of rotatable bonds is 8. The molecule has 1 heteroatoms. The van der Waals surface area contributed by atoms with Gasteiger partial charge in [-0.05, 0) is 110 Å². The summed E-state index contributed by atoms with van der Waals surface area (Å²) in [6.07, 6.45) is 21.9. The fourth-order valence-electron chi connectivity index (χ4n) is 6.00. The molecule has 2 aromatic carbocycles. The van der Waals surface area contributed by atoms with E-state index in [9.17, 15) is 0 Å². The molecule has 0 heterocycles. The maximum absolute atomic E-state index is 5.37. The molecule has 0 spiro atoms. The van der Waals surface area contributed by atoms with Crippen molar-refractivity contribution in [3.05, 3.63) is 54.1 Å². The lowest BCUT2D eigenvalue weighted by atomic mass is 9.74. The third kappa shape index (κ3) is 6.15. The Labute approximate surface area is 190 Å². The molecule has 168 valence electrons. The maximum Gasteiger partial charge on any atom is 0.119 e. The average Bonchev–Trinajstić information content (AvgIpc) is 2.83. The van der Waals surface area contributed by atoms with Crippen LogP contribution in [0.1, 0.15) is 95.5 Å². The first-order valence-electron chi connectivity index (χ1n) is 13.0. The van der Waals surface area contributed by atoms with Crippen molar-refractivity contribution in [1.29, 1.82) is 0 Å². The van der Waals surface area contributed by atoms with Crippen molar-refractivity contribution in [2.75, 3.05) is 7.11 Å². The Kier molecular flexibility index (Phi) is 8.11. The Morgan fingerprint density at radius 3 is 2.13 bits per heavy atom. The van der Waals surface area contributed by atoms with Gasteiger partial charge in [0.05, 0.1) is 7.11 Å². The Hall–Kier alpha value is -1.76. The zero-order chi connectivity index (χ0) is 21.5. The van der Waals surface area contributed by atoms with Crippen molar-refractivity contribution in [1.82, 2.24) is 0 Å². The number of methoxy groups -OCH3 is 1. The van der Waals surface area contributed by atoms with Crippen LogP contribution in [0.5, 0.6) is 5.75 Å². The van der Waals surface area contributed by atoms with Crippen LogP contribution in [0, 0.1) is 17.8 Å². The first kappa shape index (κ1) is 22.4. The Balaban J connectivity index is 1.20. The van der Waals surface area contributed by atoms with E-state index >= 15 is 0 Å². The van der Waals surface area contributed by atoms with Crippen LogP contribution in [-0.2, 0) is 0 Å². The molecule has 0 aromatic heterocycles. The smallest absolute Gasteiger partial charge is 0.119 e. The van der Waals surface area contributed by atoms with Gasteiger partial charge in [-0.15, -0.1) is 0 Å². The molecule has 0 atom stereocenters. The van der Waals surface area contributed by atoms with Gasteiger partial charge in [0.15, 0.2) is 0 Å². The predicted molar refractivity (Wildman–Crippen MR) is 134 cm³/mol. The number of ether oxygens (including phenoxy) is 1. The van der Waals surface area contributed by atoms with E-state index in [-0.39, 0.29) is 0 Å². The molecule has 2 saturated carbocycles. The second kappa shape index (κ2) is 11.2. The van der Waals surface area contributed by atoms with Crippen LogP contribution in [0.2, 0.25) is 0 Å². The molecule has 4 rings (SSSR count). The van der Waals surface area contributed by atoms with Crippen LogP contribution in [-0.4, -0.2) is 7.11 Å². The predicted octanol–water partition coefficient (Wildman–Crippen LogP) is 9.07. The number of hydrogen-bond donors (Lipinski definition) is 0. The van der Waals surface area contributed by atoms with E-state index in [4.69, 9.17) is 4.74 Å². The fraction of sp³-hybridized carbons (Fsp3) is 0.600. The van der Waals surface area contributed by atoms with Crippen LogP contribution in [0.25, 0.3) is 10.8 Å². The SMILES string of the molecule is CCC/C=C/C1CCC(CCC2CCC(c3ccc4cc(OC)ccc4c3)CC2)CC1. The van der Waals surface area contributed by atoms with Crippen molar-refractivity contribution in [3.63, 3.8) is 0 Å². The summed E-state index contributed by atoms with van der Waals surface area (Å²) in [4.78, 5) is 0. The zero-order valence-corrected chi connectivity index (χ0v) is 19.8. The van der Waals surface area contributed by atoms with Crippen molar-refractivity contribution >= 4 is 10.8 Å². The molecule has 2 aliphatic rings. The molecule has 2 aromatic rings. The quantitative estimate of drug-likeness (QED) is 0.388. The molecule has 0 bridgehead atoms. The highest BCUT2D eigenvalue weighted by atomic mass is 16.5. The monoisotopic (exact) mass is 418 g/mol. The molecule has 1 nitrogen and oxygen atoms in total. The molecule has 2 fully saturated rings. The van der Waals surface area contributed by atoms with E-state index in [1.807, 2.05) is 0 Å². The van der Waals surface area contributed by atoms with Gasteiger partial charge in [0.2, 0.25) is 0 Å². The molecule has 0 unspecified atom stereocenters. The normalized spacial score (nSPS) is 27.0. The third-order valence-corrected chi connectivity index (χ3v) is 8.13. The average molecular weight is 419 g/mol. The summed E-state index contributed by atoms with van der Waals surface area (Å²) in [5.74, 6) is 4.56. The summed E-state index contributed by atoms with van der Waals surface area (Å²) < 4.78 is 5.37. The summed E-state index contributed by atoms with van der Waals surface area (Å²) >= 11 is 0. The second-order valence-corrected chi connectivity index (χ2v) is 10.3. The van der Waals surface area contributed by atoms with Gasteiger partial charge in [-0.3, -0.25) is 0 Å². The zero-order valence-electron chi connectivity index (χ0n) is 19.8. The van der Waals surface area contributed by atoms with Crippen molar-refractivity contribution in [2.45, 2.75) is 89.9 Å². The third-order valence-electron chi connectivity index (χ3n) is 8.13. The molecule has 0 aliphatic heterocycles. The lowest BCUT2D eigenvalue weighted by Gasteiger charge is -2.31. The van der Waals surface area contributed by atoms with Gasteiger partial charge in [0.25, 0.3) is 0 Å². The highest BCUT2D eigenvalue weighted by molar-refractivity contribution is 5.84. The van der Waals surface area contributed by atoms with Gasteiger partial charge in [0.1, 0.15) is 5.75 Å². The van der Waals surface area contributed by atoms with E-state index in [0.717, 1.165) is 29.4 Å². The summed E-state index contributed by atoms with van der Waals surface area (Å²) in [6, 6.07) is 13.5. The van der Waals surface area contributed by atoms with Crippen molar-refractivity contribution in [2.24, 2.45) is 17.8 Å².